The summed E-state index contributed by atoms with van der Waals surface area (Å²) in [4.78, 5) is 4.11. The first kappa shape index (κ1) is 17.4. The van der Waals surface area contributed by atoms with Crippen LogP contribution in [-0.4, -0.2) is 34.1 Å². The van der Waals surface area contributed by atoms with Crippen LogP contribution in [0.4, 0.5) is 20.4 Å². The lowest BCUT2D eigenvalue weighted by Crippen LogP contribution is -2.17. The second-order valence-electron chi connectivity index (χ2n) is 6.35. The van der Waals surface area contributed by atoms with E-state index in [0.29, 0.717) is 18.9 Å². The van der Waals surface area contributed by atoms with Crippen molar-refractivity contribution in [3.05, 3.63) is 59.9 Å². The van der Waals surface area contributed by atoms with Gasteiger partial charge in [0.1, 0.15) is 18.2 Å². The fourth-order valence-electron chi connectivity index (χ4n) is 2.88. The van der Waals surface area contributed by atoms with Crippen molar-refractivity contribution >= 4 is 11.6 Å². The zero-order chi connectivity index (χ0) is 18.8. The van der Waals surface area contributed by atoms with Crippen LogP contribution in [0.1, 0.15) is 12.0 Å². The number of aromatic nitrogens is 3. The molecule has 0 bridgehead atoms. The zero-order valence-corrected chi connectivity index (χ0v) is 14.7. The summed E-state index contributed by atoms with van der Waals surface area (Å²) in [6, 6.07) is 9.26. The largest absolute Gasteiger partial charge is 0.485 e. The fraction of sp³-hybridized carbons (Fsp3) is 0.263. The van der Waals surface area contributed by atoms with Gasteiger partial charge in [-0.25, -0.2) is 13.5 Å². The molecule has 1 fully saturated rings. The monoisotopic (exact) mass is 372 g/mol. The van der Waals surface area contributed by atoms with E-state index >= 15 is 0 Å². The number of halogens is 2. The minimum Gasteiger partial charge on any atom is -0.485 e. The maximum atomic E-state index is 14.8. The van der Waals surface area contributed by atoms with E-state index < -0.39 is 5.82 Å². The number of hydrogen-bond donors (Lipinski definition) is 1. The van der Waals surface area contributed by atoms with Gasteiger partial charge in [-0.1, -0.05) is 6.07 Å². The third kappa shape index (κ3) is 3.90. The van der Waals surface area contributed by atoms with Gasteiger partial charge in [-0.3, -0.25) is 0 Å². The van der Waals surface area contributed by atoms with Crippen molar-refractivity contribution in [2.24, 2.45) is 0 Å². The Bertz CT molecular complexity index is 955. The van der Waals surface area contributed by atoms with Gasteiger partial charge < -0.3 is 14.8 Å². The van der Waals surface area contributed by atoms with Gasteiger partial charge in [-0.15, -0.1) is 5.10 Å². The van der Waals surface area contributed by atoms with Crippen LogP contribution in [0.2, 0.25) is 0 Å². The normalized spacial score (nSPS) is 16.5. The Balaban J connectivity index is 1.56. The first-order valence-electron chi connectivity index (χ1n) is 8.57. The summed E-state index contributed by atoms with van der Waals surface area (Å²) < 4.78 is 40.6. The molecular formula is C19H18F2N4O2. The van der Waals surface area contributed by atoms with E-state index in [1.807, 2.05) is 6.92 Å². The molecule has 2 heterocycles. The highest BCUT2D eigenvalue weighted by Gasteiger charge is 2.21. The SMILES string of the molecule is Cc1cc(Nc2ncn(-c3cccc(F)c3)n2)c(F)c(OC2CCOC2)c1. The second-order valence-corrected chi connectivity index (χ2v) is 6.35. The lowest BCUT2D eigenvalue weighted by molar-refractivity contribution is 0.138. The Morgan fingerprint density at radius 1 is 1.26 bits per heavy atom. The molecule has 140 valence electrons. The van der Waals surface area contributed by atoms with Gasteiger partial charge in [0, 0.05) is 6.42 Å². The number of ether oxygens (including phenoxy) is 2. The molecule has 1 aromatic heterocycles. The van der Waals surface area contributed by atoms with Crippen LogP contribution in [0.15, 0.2) is 42.7 Å². The molecule has 1 saturated heterocycles. The number of aryl methyl sites for hydroxylation is 1. The van der Waals surface area contributed by atoms with Crippen LogP contribution in [0.25, 0.3) is 5.69 Å². The molecule has 0 aliphatic carbocycles. The molecule has 1 atom stereocenters. The molecule has 1 aliphatic rings. The highest BCUT2D eigenvalue weighted by atomic mass is 19.1. The highest BCUT2D eigenvalue weighted by Crippen LogP contribution is 2.30. The van der Waals surface area contributed by atoms with Gasteiger partial charge in [0.05, 0.1) is 24.6 Å². The van der Waals surface area contributed by atoms with Crippen LogP contribution < -0.4 is 10.1 Å². The quantitative estimate of drug-likeness (QED) is 0.739. The molecule has 27 heavy (non-hydrogen) atoms. The molecule has 1 N–H and O–H groups in total. The van der Waals surface area contributed by atoms with Gasteiger partial charge in [-0.05, 0) is 42.8 Å². The van der Waals surface area contributed by atoms with Gasteiger partial charge >= 0.3 is 0 Å². The maximum absolute atomic E-state index is 14.8. The number of nitrogens with one attached hydrogen (secondary N) is 1. The molecule has 4 rings (SSSR count). The molecule has 3 aromatic rings. The van der Waals surface area contributed by atoms with Crippen molar-refractivity contribution in [3.8, 4) is 11.4 Å². The Morgan fingerprint density at radius 2 is 2.15 bits per heavy atom. The molecule has 6 nitrogen and oxygen atoms in total. The van der Waals surface area contributed by atoms with Crippen molar-refractivity contribution in [1.82, 2.24) is 14.8 Å². The van der Waals surface area contributed by atoms with Gasteiger partial charge in [-0.2, -0.15) is 4.98 Å². The standard InChI is InChI=1S/C19H18F2N4O2/c1-12-7-16(18(21)17(8-12)27-15-5-6-26-10-15)23-19-22-11-25(24-19)14-4-2-3-13(20)9-14/h2-4,7-9,11,15H,5-6,10H2,1H3,(H,23,24). The van der Waals surface area contributed by atoms with E-state index in [9.17, 15) is 8.78 Å². The van der Waals surface area contributed by atoms with E-state index in [-0.39, 0.29) is 29.3 Å². The molecule has 0 saturated carbocycles. The number of rotatable bonds is 5. The number of hydrogen-bond acceptors (Lipinski definition) is 5. The van der Waals surface area contributed by atoms with Crippen LogP contribution in [0.3, 0.4) is 0 Å². The predicted molar refractivity (Wildman–Crippen MR) is 95.6 cm³/mol. The van der Waals surface area contributed by atoms with Gasteiger partial charge in [0.2, 0.25) is 5.95 Å². The Morgan fingerprint density at radius 3 is 2.93 bits per heavy atom. The first-order valence-corrected chi connectivity index (χ1v) is 8.57. The molecule has 1 unspecified atom stereocenters. The molecule has 1 aliphatic heterocycles. The number of nitrogens with zero attached hydrogens (tertiary/aromatic N) is 3. The van der Waals surface area contributed by atoms with Gasteiger partial charge in [0.25, 0.3) is 0 Å². The smallest absolute Gasteiger partial charge is 0.247 e. The molecular weight excluding hydrogens is 354 g/mol. The molecule has 0 amide bonds. The first-order chi connectivity index (χ1) is 13.1. The molecule has 0 radical (unpaired) electrons. The lowest BCUT2D eigenvalue weighted by Gasteiger charge is -2.15. The van der Waals surface area contributed by atoms with E-state index in [1.165, 1.54) is 23.1 Å². The summed E-state index contributed by atoms with van der Waals surface area (Å²) in [5, 5.41) is 7.08. The van der Waals surface area contributed by atoms with Crippen molar-refractivity contribution < 1.29 is 18.3 Å². The third-order valence-electron chi connectivity index (χ3n) is 4.18. The zero-order valence-electron chi connectivity index (χ0n) is 14.7. The number of benzene rings is 2. The van der Waals surface area contributed by atoms with E-state index in [2.05, 4.69) is 15.4 Å². The van der Waals surface area contributed by atoms with Crippen LogP contribution in [-0.2, 0) is 4.74 Å². The van der Waals surface area contributed by atoms with Crippen molar-refractivity contribution in [3.63, 3.8) is 0 Å². The maximum Gasteiger partial charge on any atom is 0.247 e. The fourth-order valence-corrected chi connectivity index (χ4v) is 2.88. The molecule has 8 heteroatoms. The summed E-state index contributed by atoms with van der Waals surface area (Å²) >= 11 is 0. The van der Waals surface area contributed by atoms with Crippen molar-refractivity contribution in [2.75, 3.05) is 18.5 Å². The van der Waals surface area contributed by atoms with Gasteiger partial charge in [0.15, 0.2) is 11.6 Å². The Labute approximate surface area is 154 Å². The third-order valence-corrected chi connectivity index (χ3v) is 4.18. The van der Waals surface area contributed by atoms with E-state index in [1.54, 1.807) is 24.3 Å². The number of anilines is 2. The summed E-state index contributed by atoms with van der Waals surface area (Å²) in [7, 11) is 0. The molecule has 0 spiro atoms. The van der Waals surface area contributed by atoms with Crippen molar-refractivity contribution in [2.45, 2.75) is 19.4 Å². The average Bonchev–Trinajstić information content (AvgIpc) is 3.31. The molecule has 2 aromatic carbocycles. The van der Waals surface area contributed by atoms with Crippen LogP contribution in [0.5, 0.6) is 5.75 Å². The Kier molecular flexibility index (Phi) is 4.72. The van der Waals surface area contributed by atoms with E-state index in [4.69, 9.17) is 9.47 Å². The summed E-state index contributed by atoms with van der Waals surface area (Å²) in [6.07, 6.45) is 2.01. The summed E-state index contributed by atoms with van der Waals surface area (Å²) in [5.41, 5.74) is 1.56. The predicted octanol–water partition coefficient (Wildman–Crippen LogP) is 3.77. The second kappa shape index (κ2) is 7.32. The van der Waals surface area contributed by atoms with E-state index in [0.717, 1.165) is 12.0 Å². The Hall–Kier alpha value is -3.00. The van der Waals surface area contributed by atoms with Crippen LogP contribution in [0, 0.1) is 18.6 Å². The topological polar surface area (TPSA) is 61.2 Å². The summed E-state index contributed by atoms with van der Waals surface area (Å²) in [6.45, 7) is 2.92. The van der Waals surface area contributed by atoms with Crippen LogP contribution >= 0.6 is 0 Å². The minimum atomic E-state index is -0.519. The summed E-state index contributed by atoms with van der Waals surface area (Å²) in [5.74, 6) is -0.536. The highest BCUT2D eigenvalue weighted by molar-refractivity contribution is 5.59. The van der Waals surface area contributed by atoms with Crippen molar-refractivity contribution in [1.29, 1.82) is 0 Å². The average molecular weight is 372 g/mol. The minimum absolute atomic E-state index is 0.153. The lowest BCUT2D eigenvalue weighted by atomic mass is 10.2.